The number of ketones is 1. The first-order valence-electron chi connectivity index (χ1n) is 6.85. The van der Waals surface area contributed by atoms with Gasteiger partial charge in [-0.15, -0.1) is 0 Å². The Labute approximate surface area is 134 Å². The van der Waals surface area contributed by atoms with Crippen LogP contribution in [0.3, 0.4) is 0 Å². The van der Waals surface area contributed by atoms with Gasteiger partial charge in [0.25, 0.3) is 0 Å². The molecule has 1 amide bonds. The predicted molar refractivity (Wildman–Crippen MR) is 86.8 cm³/mol. The highest BCUT2D eigenvalue weighted by atomic mass is 79.9. The van der Waals surface area contributed by atoms with Crippen molar-refractivity contribution < 1.29 is 14.3 Å². The third-order valence-electron chi connectivity index (χ3n) is 2.77. The van der Waals surface area contributed by atoms with Crippen molar-refractivity contribution in [3.05, 3.63) is 35.4 Å². The molecule has 1 N–H and O–H groups in total. The molecule has 1 aromatic rings. The van der Waals surface area contributed by atoms with Crippen LogP contribution >= 0.6 is 15.9 Å². The van der Waals surface area contributed by atoms with Gasteiger partial charge in [-0.05, 0) is 39.7 Å². The van der Waals surface area contributed by atoms with Gasteiger partial charge in [0.2, 0.25) is 0 Å². The summed E-state index contributed by atoms with van der Waals surface area (Å²) < 4.78 is 5.20. The van der Waals surface area contributed by atoms with Crippen molar-refractivity contribution in [1.29, 1.82) is 0 Å². The molecule has 0 heterocycles. The lowest BCUT2D eigenvalue weighted by molar-refractivity contribution is -0.118. The molecular formula is C16H22BrNO3. The Bertz CT molecular complexity index is 491. The number of carbonyl (C=O) groups is 2. The zero-order valence-corrected chi connectivity index (χ0v) is 14.5. The Morgan fingerprint density at radius 1 is 1.24 bits per heavy atom. The van der Waals surface area contributed by atoms with Crippen molar-refractivity contribution in [3.63, 3.8) is 0 Å². The second kappa shape index (κ2) is 7.59. The van der Waals surface area contributed by atoms with Crippen LogP contribution in [0, 0.1) is 6.92 Å². The number of carbonyl (C=O) groups excluding carboxylic acids is 2. The molecule has 4 nitrogen and oxygen atoms in total. The van der Waals surface area contributed by atoms with Gasteiger partial charge in [0.1, 0.15) is 5.60 Å². The van der Waals surface area contributed by atoms with E-state index in [0.29, 0.717) is 6.42 Å². The van der Waals surface area contributed by atoms with Crippen LogP contribution < -0.4 is 5.32 Å². The average molecular weight is 356 g/mol. The van der Waals surface area contributed by atoms with E-state index in [1.807, 2.05) is 31.2 Å². The van der Waals surface area contributed by atoms with Gasteiger partial charge in [0.05, 0.1) is 11.4 Å². The van der Waals surface area contributed by atoms with E-state index in [-0.39, 0.29) is 11.1 Å². The molecule has 1 rings (SSSR count). The van der Waals surface area contributed by atoms with E-state index in [0.717, 1.165) is 11.1 Å². The number of alkyl halides is 1. The first kappa shape index (κ1) is 17.7. The molecule has 0 radical (unpaired) electrons. The van der Waals surface area contributed by atoms with Gasteiger partial charge in [0, 0.05) is 0 Å². The van der Waals surface area contributed by atoms with Crippen LogP contribution in [0.4, 0.5) is 4.79 Å². The third-order valence-corrected chi connectivity index (χ3v) is 3.32. The molecule has 1 aromatic carbocycles. The van der Waals surface area contributed by atoms with Gasteiger partial charge >= 0.3 is 6.09 Å². The molecule has 0 fully saturated rings. The lowest BCUT2D eigenvalue weighted by Gasteiger charge is -2.23. The summed E-state index contributed by atoms with van der Waals surface area (Å²) >= 11 is 3.15. The van der Waals surface area contributed by atoms with E-state index in [9.17, 15) is 9.59 Å². The largest absolute Gasteiger partial charge is 0.444 e. The van der Waals surface area contributed by atoms with E-state index in [1.54, 1.807) is 20.8 Å². The zero-order chi connectivity index (χ0) is 16.0. The Morgan fingerprint density at radius 3 is 2.29 bits per heavy atom. The van der Waals surface area contributed by atoms with E-state index < -0.39 is 17.7 Å². The Morgan fingerprint density at radius 2 is 1.81 bits per heavy atom. The Hall–Kier alpha value is -1.36. The number of Topliss-reactive ketones (excluding diaryl/α,β-unsaturated/α-hetero) is 1. The van der Waals surface area contributed by atoms with Crippen molar-refractivity contribution in [2.24, 2.45) is 0 Å². The van der Waals surface area contributed by atoms with Crippen LogP contribution in [-0.2, 0) is 16.0 Å². The summed E-state index contributed by atoms with van der Waals surface area (Å²) in [5, 5.41) is 2.84. The fourth-order valence-electron chi connectivity index (χ4n) is 1.75. The smallest absolute Gasteiger partial charge is 0.408 e. The first-order valence-corrected chi connectivity index (χ1v) is 7.97. The molecule has 0 spiro atoms. The molecule has 21 heavy (non-hydrogen) atoms. The van der Waals surface area contributed by atoms with Crippen molar-refractivity contribution in [2.45, 2.75) is 45.8 Å². The maximum atomic E-state index is 12.0. The Balaban J connectivity index is 2.74. The van der Waals surface area contributed by atoms with Gasteiger partial charge in [-0.3, -0.25) is 4.79 Å². The third kappa shape index (κ3) is 6.76. The minimum atomic E-state index is -0.595. The summed E-state index contributed by atoms with van der Waals surface area (Å²) in [5.74, 6) is -0.0820. The van der Waals surface area contributed by atoms with Crippen molar-refractivity contribution >= 4 is 27.8 Å². The monoisotopic (exact) mass is 355 g/mol. The van der Waals surface area contributed by atoms with Crippen LogP contribution in [0.1, 0.15) is 31.9 Å². The van der Waals surface area contributed by atoms with E-state index in [2.05, 4.69) is 21.2 Å². The van der Waals surface area contributed by atoms with Gasteiger partial charge < -0.3 is 10.1 Å². The number of hydrogen-bond acceptors (Lipinski definition) is 3. The molecule has 0 aromatic heterocycles. The molecule has 0 saturated carbocycles. The number of alkyl carbamates (subject to hydrolysis) is 1. The van der Waals surface area contributed by atoms with Gasteiger partial charge in [-0.25, -0.2) is 4.79 Å². The molecule has 0 aliphatic rings. The maximum absolute atomic E-state index is 12.0. The highest BCUT2D eigenvalue weighted by Gasteiger charge is 2.23. The van der Waals surface area contributed by atoms with Gasteiger partial charge in [-0.2, -0.15) is 0 Å². The molecule has 1 atom stereocenters. The van der Waals surface area contributed by atoms with E-state index in [1.165, 1.54) is 0 Å². The van der Waals surface area contributed by atoms with E-state index in [4.69, 9.17) is 4.74 Å². The quantitative estimate of drug-likeness (QED) is 0.823. The standard InChI is InChI=1S/C16H22BrNO3/c1-11-5-7-12(8-6-11)9-13(14(19)10-17)18-15(20)21-16(2,3)4/h5-8,13H,9-10H2,1-4H3,(H,18,20). The molecule has 0 saturated heterocycles. The van der Waals surface area contributed by atoms with Crippen LogP contribution in [0.25, 0.3) is 0 Å². The number of amides is 1. The number of hydrogen-bond donors (Lipinski definition) is 1. The molecule has 0 aliphatic heterocycles. The minimum absolute atomic E-state index is 0.0820. The SMILES string of the molecule is Cc1ccc(CC(NC(=O)OC(C)(C)C)C(=O)CBr)cc1. The second-order valence-corrected chi connectivity index (χ2v) is 6.55. The van der Waals surface area contributed by atoms with Gasteiger partial charge in [0.15, 0.2) is 5.78 Å². The molecule has 116 valence electrons. The highest BCUT2D eigenvalue weighted by Crippen LogP contribution is 2.10. The summed E-state index contributed by atoms with van der Waals surface area (Å²) in [6.45, 7) is 7.36. The number of rotatable bonds is 5. The first-order chi connectivity index (χ1) is 9.71. The lowest BCUT2D eigenvalue weighted by atomic mass is 10.0. The number of ether oxygens (including phenoxy) is 1. The summed E-state index contributed by atoms with van der Waals surface area (Å²) in [4.78, 5) is 23.8. The van der Waals surface area contributed by atoms with Crippen LogP contribution in [0.5, 0.6) is 0 Å². The normalized spacial score (nSPS) is 12.6. The molecular weight excluding hydrogens is 334 g/mol. The number of aryl methyl sites for hydroxylation is 1. The molecule has 1 unspecified atom stereocenters. The molecule has 5 heteroatoms. The minimum Gasteiger partial charge on any atom is -0.444 e. The predicted octanol–water partition coefficient (Wildman–Crippen LogP) is 3.39. The molecule has 0 bridgehead atoms. The molecule has 0 aliphatic carbocycles. The van der Waals surface area contributed by atoms with Crippen LogP contribution in [-0.4, -0.2) is 28.8 Å². The second-order valence-electron chi connectivity index (χ2n) is 5.99. The maximum Gasteiger partial charge on any atom is 0.408 e. The summed E-state index contributed by atoms with van der Waals surface area (Å²) in [5.41, 5.74) is 1.56. The van der Waals surface area contributed by atoms with Crippen molar-refractivity contribution in [3.8, 4) is 0 Å². The fourth-order valence-corrected chi connectivity index (χ4v) is 2.14. The van der Waals surface area contributed by atoms with Crippen molar-refractivity contribution in [1.82, 2.24) is 5.32 Å². The van der Waals surface area contributed by atoms with Crippen LogP contribution in [0.2, 0.25) is 0 Å². The fraction of sp³-hybridized carbons (Fsp3) is 0.500. The summed E-state index contributed by atoms with van der Waals surface area (Å²) in [6, 6.07) is 7.29. The van der Waals surface area contributed by atoms with Crippen LogP contribution in [0.15, 0.2) is 24.3 Å². The lowest BCUT2D eigenvalue weighted by Crippen LogP contribution is -2.45. The van der Waals surface area contributed by atoms with Gasteiger partial charge in [-0.1, -0.05) is 45.8 Å². The number of benzene rings is 1. The summed E-state index contributed by atoms with van der Waals surface area (Å²) in [7, 11) is 0. The topological polar surface area (TPSA) is 55.4 Å². The Kier molecular flexibility index (Phi) is 6.40. The van der Waals surface area contributed by atoms with Crippen molar-refractivity contribution in [2.75, 3.05) is 5.33 Å². The zero-order valence-electron chi connectivity index (χ0n) is 12.9. The average Bonchev–Trinajstić information content (AvgIpc) is 2.37. The van der Waals surface area contributed by atoms with E-state index >= 15 is 0 Å². The highest BCUT2D eigenvalue weighted by molar-refractivity contribution is 9.09. The number of nitrogens with one attached hydrogen (secondary N) is 1. The number of halogens is 1. The summed E-state index contributed by atoms with van der Waals surface area (Å²) in [6.07, 6.45) is -0.127.